The Morgan fingerprint density at radius 1 is 1.38 bits per heavy atom. The van der Waals surface area contributed by atoms with Gasteiger partial charge < -0.3 is 4.90 Å². The number of nitrogens with one attached hydrogen (secondary N) is 1. The van der Waals surface area contributed by atoms with Crippen LogP contribution in [-0.4, -0.2) is 22.9 Å². The van der Waals surface area contributed by atoms with Gasteiger partial charge in [-0.05, 0) is 42.4 Å². The largest absolute Gasteiger partial charge is 0.321 e. The number of carbonyl (C=O) groups is 1. The van der Waals surface area contributed by atoms with Crippen molar-refractivity contribution in [2.24, 2.45) is 5.41 Å². The molecule has 2 aliphatic rings. The predicted octanol–water partition coefficient (Wildman–Crippen LogP) is 3.74. The molecule has 4 heteroatoms. The average Bonchev–Trinajstić information content (AvgIpc) is 3.11. The van der Waals surface area contributed by atoms with E-state index in [0.717, 1.165) is 31.4 Å². The summed E-state index contributed by atoms with van der Waals surface area (Å²) in [7, 11) is 0. The molecule has 1 aliphatic carbocycles. The first-order valence-corrected chi connectivity index (χ1v) is 8.03. The van der Waals surface area contributed by atoms with E-state index in [1.807, 2.05) is 29.2 Å². The summed E-state index contributed by atoms with van der Waals surface area (Å²) in [6.07, 6.45) is 2.86. The number of amides is 1. The van der Waals surface area contributed by atoms with Crippen molar-refractivity contribution in [3.63, 3.8) is 0 Å². The van der Waals surface area contributed by atoms with Crippen molar-refractivity contribution in [1.29, 1.82) is 0 Å². The molecule has 21 heavy (non-hydrogen) atoms. The van der Waals surface area contributed by atoms with E-state index in [0.29, 0.717) is 5.02 Å². The van der Waals surface area contributed by atoms with Crippen LogP contribution < -0.4 is 5.32 Å². The molecule has 1 aromatic carbocycles. The molecule has 1 saturated carbocycles. The summed E-state index contributed by atoms with van der Waals surface area (Å²) in [5.41, 5.74) is 1.01. The zero-order chi connectivity index (χ0) is 15.3. The van der Waals surface area contributed by atoms with E-state index in [2.05, 4.69) is 26.1 Å². The van der Waals surface area contributed by atoms with Crippen molar-refractivity contribution >= 4 is 17.5 Å². The standard InChI is InChI=1S/C17H23ClN2O/c1-16(2,3)9-10-20-14(12-5-4-6-13(18)11-12)19-17(7-8-17)15(20)21/h4-6,11,14,19H,7-10H2,1-3H3. The quantitative estimate of drug-likeness (QED) is 0.922. The highest BCUT2D eigenvalue weighted by molar-refractivity contribution is 6.30. The monoisotopic (exact) mass is 306 g/mol. The second kappa shape index (κ2) is 4.99. The van der Waals surface area contributed by atoms with E-state index in [9.17, 15) is 4.79 Å². The van der Waals surface area contributed by atoms with E-state index in [1.165, 1.54) is 0 Å². The van der Waals surface area contributed by atoms with Gasteiger partial charge in [0.1, 0.15) is 11.7 Å². The number of nitrogens with zero attached hydrogens (tertiary/aromatic N) is 1. The fourth-order valence-electron chi connectivity index (χ4n) is 2.90. The molecule has 1 atom stereocenters. The van der Waals surface area contributed by atoms with Crippen molar-refractivity contribution < 1.29 is 4.79 Å². The third-order valence-corrected chi connectivity index (χ3v) is 4.65. The van der Waals surface area contributed by atoms with E-state index in [-0.39, 0.29) is 23.0 Å². The van der Waals surface area contributed by atoms with Crippen molar-refractivity contribution in [3.05, 3.63) is 34.9 Å². The molecule has 1 heterocycles. The Kier molecular flexibility index (Phi) is 3.53. The molecule has 1 aliphatic heterocycles. The minimum atomic E-state index is -0.287. The van der Waals surface area contributed by atoms with E-state index in [4.69, 9.17) is 11.6 Å². The maximum absolute atomic E-state index is 12.7. The Morgan fingerprint density at radius 2 is 2.10 bits per heavy atom. The van der Waals surface area contributed by atoms with Gasteiger partial charge in [0.15, 0.2) is 0 Å². The molecule has 1 saturated heterocycles. The number of carbonyl (C=O) groups excluding carboxylic acids is 1. The van der Waals surface area contributed by atoms with Gasteiger partial charge in [0.25, 0.3) is 0 Å². The molecule has 1 aromatic rings. The first-order valence-electron chi connectivity index (χ1n) is 7.65. The summed E-state index contributed by atoms with van der Waals surface area (Å²) in [5, 5.41) is 4.26. The van der Waals surface area contributed by atoms with Crippen LogP contribution in [-0.2, 0) is 4.79 Å². The lowest BCUT2D eigenvalue weighted by Crippen LogP contribution is -2.34. The van der Waals surface area contributed by atoms with E-state index in [1.54, 1.807) is 0 Å². The van der Waals surface area contributed by atoms with E-state index >= 15 is 0 Å². The smallest absolute Gasteiger partial charge is 0.244 e. The molecule has 1 N–H and O–H groups in total. The molecule has 114 valence electrons. The van der Waals surface area contributed by atoms with Crippen LogP contribution >= 0.6 is 11.6 Å². The second-order valence-corrected chi connectivity index (χ2v) is 7.93. The highest BCUT2D eigenvalue weighted by Gasteiger charge is 2.59. The molecule has 0 bridgehead atoms. The van der Waals surface area contributed by atoms with Gasteiger partial charge >= 0.3 is 0 Å². The van der Waals surface area contributed by atoms with Crippen molar-refractivity contribution in [2.75, 3.05) is 6.54 Å². The number of hydrogen-bond acceptors (Lipinski definition) is 2. The van der Waals surface area contributed by atoms with Crippen LogP contribution in [0, 0.1) is 5.41 Å². The summed E-state index contributed by atoms with van der Waals surface area (Å²) < 4.78 is 0. The lowest BCUT2D eigenvalue weighted by Gasteiger charge is -2.28. The molecule has 1 amide bonds. The zero-order valence-corrected chi connectivity index (χ0v) is 13.7. The molecule has 2 fully saturated rings. The normalized spacial score (nSPS) is 23.9. The minimum Gasteiger partial charge on any atom is -0.321 e. The number of benzene rings is 1. The van der Waals surface area contributed by atoms with Gasteiger partial charge in [-0.15, -0.1) is 0 Å². The first-order chi connectivity index (χ1) is 9.81. The third kappa shape index (κ3) is 2.95. The summed E-state index contributed by atoms with van der Waals surface area (Å²) in [5.74, 6) is 0.261. The average molecular weight is 307 g/mol. The van der Waals surface area contributed by atoms with Crippen LogP contribution in [0.4, 0.5) is 0 Å². The molecular weight excluding hydrogens is 284 g/mol. The first kappa shape index (κ1) is 14.9. The van der Waals surface area contributed by atoms with Crippen molar-refractivity contribution in [3.8, 4) is 0 Å². The van der Waals surface area contributed by atoms with Crippen LogP contribution in [0.2, 0.25) is 5.02 Å². The van der Waals surface area contributed by atoms with E-state index < -0.39 is 0 Å². The van der Waals surface area contributed by atoms with Gasteiger partial charge in [0.2, 0.25) is 5.91 Å². The van der Waals surface area contributed by atoms with Gasteiger partial charge in [0.05, 0.1) is 0 Å². The highest BCUT2D eigenvalue weighted by Crippen LogP contribution is 2.46. The zero-order valence-electron chi connectivity index (χ0n) is 12.9. The maximum Gasteiger partial charge on any atom is 0.244 e. The SMILES string of the molecule is CC(C)(C)CCN1C(=O)C2(CC2)NC1c1cccc(Cl)c1. The molecule has 0 radical (unpaired) electrons. The van der Waals surface area contributed by atoms with Gasteiger partial charge in [-0.3, -0.25) is 10.1 Å². The summed E-state index contributed by atoms with van der Waals surface area (Å²) in [6.45, 7) is 7.42. The fourth-order valence-corrected chi connectivity index (χ4v) is 3.10. The molecule has 3 rings (SSSR count). The van der Waals surface area contributed by atoms with Crippen molar-refractivity contribution in [2.45, 2.75) is 51.7 Å². The summed E-state index contributed by atoms with van der Waals surface area (Å²) in [6, 6.07) is 7.82. The highest BCUT2D eigenvalue weighted by atomic mass is 35.5. The van der Waals surface area contributed by atoms with Gasteiger partial charge in [-0.1, -0.05) is 44.5 Å². The molecule has 0 aromatic heterocycles. The number of rotatable bonds is 3. The van der Waals surface area contributed by atoms with Gasteiger partial charge in [-0.25, -0.2) is 0 Å². The maximum atomic E-state index is 12.7. The second-order valence-electron chi connectivity index (χ2n) is 7.49. The van der Waals surface area contributed by atoms with Crippen LogP contribution in [0.5, 0.6) is 0 Å². The topological polar surface area (TPSA) is 32.3 Å². The third-order valence-electron chi connectivity index (χ3n) is 4.41. The molecule has 1 spiro atoms. The van der Waals surface area contributed by atoms with Crippen LogP contribution in [0.25, 0.3) is 0 Å². The number of halogens is 1. The number of hydrogen-bond donors (Lipinski definition) is 1. The van der Waals surface area contributed by atoms with Gasteiger partial charge in [0, 0.05) is 11.6 Å². The Bertz CT molecular complexity index is 560. The van der Waals surface area contributed by atoms with Crippen LogP contribution in [0.1, 0.15) is 51.8 Å². The molecular formula is C17H23ClN2O. The lowest BCUT2D eigenvalue weighted by molar-refractivity contribution is -0.131. The summed E-state index contributed by atoms with van der Waals surface area (Å²) >= 11 is 6.11. The van der Waals surface area contributed by atoms with Crippen LogP contribution in [0.3, 0.4) is 0 Å². The Balaban J connectivity index is 1.84. The Morgan fingerprint density at radius 3 is 2.67 bits per heavy atom. The Hall–Kier alpha value is -1.06. The lowest BCUT2D eigenvalue weighted by atomic mass is 9.92. The van der Waals surface area contributed by atoms with Gasteiger partial charge in [-0.2, -0.15) is 0 Å². The predicted molar refractivity (Wildman–Crippen MR) is 85.1 cm³/mol. The minimum absolute atomic E-state index is 0.0407. The van der Waals surface area contributed by atoms with Crippen LogP contribution in [0.15, 0.2) is 24.3 Å². The molecule has 1 unspecified atom stereocenters. The molecule has 3 nitrogen and oxygen atoms in total. The van der Waals surface area contributed by atoms with Crippen molar-refractivity contribution in [1.82, 2.24) is 10.2 Å². The summed E-state index contributed by atoms with van der Waals surface area (Å²) in [4.78, 5) is 14.7. The fraction of sp³-hybridized carbons (Fsp3) is 0.588. The Labute approximate surface area is 131 Å².